The van der Waals surface area contributed by atoms with E-state index in [1.54, 1.807) is 0 Å². The van der Waals surface area contributed by atoms with Gasteiger partial charge in [-0.05, 0) is 6.07 Å². The smallest absolute Gasteiger partial charge is 0.259 e. The lowest BCUT2D eigenvalue weighted by Crippen LogP contribution is -2.28. The summed E-state index contributed by atoms with van der Waals surface area (Å²) in [4.78, 5) is 0. The van der Waals surface area contributed by atoms with Crippen LogP contribution >= 0.6 is 0 Å². The second-order valence-corrected chi connectivity index (χ2v) is 4.67. The largest absolute Gasteiger partial charge is 0.266 e. The van der Waals surface area contributed by atoms with E-state index >= 15 is 0 Å². The van der Waals surface area contributed by atoms with Gasteiger partial charge in [-0.2, -0.15) is 14.7 Å². The van der Waals surface area contributed by atoms with E-state index in [-0.39, 0.29) is 18.0 Å². The summed E-state index contributed by atoms with van der Waals surface area (Å²) < 4.78 is 24.4. The molecule has 0 bridgehead atoms. The molecule has 0 fully saturated rings. The fourth-order valence-electron chi connectivity index (χ4n) is 0.882. The number of nitriles is 1. The lowest BCUT2D eigenvalue weighted by atomic mass is 10.5. The second kappa shape index (κ2) is 4.21. The number of sulfonamides is 1. The van der Waals surface area contributed by atoms with Gasteiger partial charge in [0.25, 0.3) is 10.0 Å². The van der Waals surface area contributed by atoms with Crippen molar-refractivity contribution >= 4 is 10.0 Å². The summed E-state index contributed by atoms with van der Waals surface area (Å²) in [5, 5.41) is 14.3. The van der Waals surface area contributed by atoms with Crippen molar-refractivity contribution in [3.63, 3.8) is 0 Å². The molecule has 7 heteroatoms. The molecule has 0 radical (unpaired) electrons. The molecule has 0 atom stereocenters. The summed E-state index contributed by atoms with van der Waals surface area (Å²) in [7, 11) is -2.08. The van der Waals surface area contributed by atoms with Crippen LogP contribution in [0.5, 0.6) is 0 Å². The first kappa shape index (κ1) is 10.7. The van der Waals surface area contributed by atoms with Crippen molar-refractivity contribution in [3.05, 3.63) is 12.3 Å². The summed E-state index contributed by atoms with van der Waals surface area (Å²) in [5.74, 6) is 0. The van der Waals surface area contributed by atoms with E-state index < -0.39 is 10.0 Å². The first-order chi connectivity index (χ1) is 6.59. The lowest BCUT2D eigenvalue weighted by molar-refractivity contribution is 0.473. The minimum Gasteiger partial charge on any atom is -0.266 e. The third-order valence-electron chi connectivity index (χ3n) is 1.70. The number of aromatic amines is 1. The quantitative estimate of drug-likeness (QED) is 0.760. The standard InChI is InChI=1S/C7H10N4O2S/c1-11(6-2-4-8)14(12,13)7-3-5-9-10-7/h3,5H,2,6H2,1H3,(H,9,10). The van der Waals surface area contributed by atoms with Gasteiger partial charge in [-0.15, -0.1) is 0 Å². The third kappa shape index (κ3) is 2.10. The molecule has 0 aliphatic rings. The SMILES string of the molecule is CN(CCC#N)S(=O)(=O)c1ccn[nH]1. The Bertz CT molecular complexity index is 417. The van der Waals surface area contributed by atoms with Crippen LogP contribution in [-0.4, -0.2) is 36.5 Å². The van der Waals surface area contributed by atoms with Crippen LogP contribution in [0.4, 0.5) is 0 Å². The van der Waals surface area contributed by atoms with Crippen molar-refractivity contribution in [2.24, 2.45) is 0 Å². The molecule has 76 valence electrons. The van der Waals surface area contributed by atoms with E-state index in [4.69, 9.17) is 5.26 Å². The van der Waals surface area contributed by atoms with Crippen molar-refractivity contribution in [1.82, 2.24) is 14.5 Å². The Kier molecular flexibility index (Phi) is 3.22. The van der Waals surface area contributed by atoms with Crippen molar-refractivity contribution in [1.29, 1.82) is 5.26 Å². The Morgan fingerprint density at radius 3 is 2.93 bits per heavy atom. The maximum atomic E-state index is 11.6. The van der Waals surface area contributed by atoms with Crippen LogP contribution in [0.2, 0.25) is 0 Å². The number of rotatable bonds is 4. The molecule has 0 saturated carbocycles. The highest BCUT2D eigenvalue weighted by Crippen LogP contribution is 2.09. The minimum absolute atomic E-state index is 0.0398. The Morgan fingerprint density at radius 2 is 2.43 bits per heavy atom. The van der Waals surface area contributed by atoms with Gasteiger partial charge in [0.1, 0.15) is 0 Å². The fourth-order valence-corrected chi connectivity index (χ4v) is 1.95. The summed E-state index contributed by atoms with van der Waals surface area (Å²) in [5.41, 5.74) is 0. The van der Waals surface area contributed by atoms with Gasteiger partial charge in [0, 0.05) is 20.0 Å². The number of aromatic nitrogens is 2. The zero-order chi connectivity index (χ0) is 10.6. The van der Waals surface area contributed by atoms with Gasteiger partial charge in [0.05, 0.1) is 12.3 Å². The van der Waals surface area contributed by atoms with Gasteiger partial charge in [-0.3, -0.25) is 5.10 Å². The second-order valence-electron chi connectivity index (χ2n) is 2.66. The van der Waals surface area contributed by atoms with E-state index in [0.29, 0.717) is 0 Å². The number of hydrogen-bond donors (Lipinski definition) is 1. The highest BCUT2D eigenvalue weighted by molar-refractivity contribution is 7.89. The lowest BCUT2D eigenvalue weighted by Gasteiger charge is -2.13. The van der Waals surface area contributed by atoms with Gasteiger partial charge >= 0.3 is 0 Å². The van der Waals surface area contributed by atoms with Crippen LogP contribution in [0.25, 0.3) is 0 Å². The van der Waals surface area contributed by atoms with Gasteiger partial charge in [-0.1, -0.05) is 0 Å². The summed E-state index contributed by atoms with van der Waals surface area (Å²) in [6.07, 6.45) is 1.54. The highest BCUT2D eigenvalue weighted by Gasteiger charge is 2.21. The number of nitrogens with one attached hydrogen (secondary N) is 1. The van der Waals surface area contributed by atoms with Crippen molar-refractivity contribution in [3.8, 4) is 6.07 Å². The van der Waals surface area contributed by atoms with Gasteiger partial charge in [0.2, 0.25) is 0 Å². The summed E-state index contributed by atoms with van der Waals surface area (Å²) >= 11 is 0. The molecule has 0 amide bonds. The molecular formula is C7H10N4O2S. The highest BCUT2D eigenvalue weighted by atomic mass is 32.2. The van der Waals surface area contributed by atoms with Crippen LogP contribution in [0.15, 0.2) is 17.3 Å². The zero-order valence-electron chi connectivity index (χ0n) is 7.64. The van der Waals surface area contributed by atoms with Crippen LogP contribution in [0, 0.1) is 11.3 Å². The number of H-pyrrole nitrogens is 1. The molecule has 1 rings (SSSR count). The predicted molar refractivity (Wildman–Crippen MR) is 48.6 cm³/mol. The zero-order valence-corrected chi connectivity index (χ0v) is 8.45. The van der Waals surface area contributed by atoms with Crippen LogP contribution in [0.1, 0.15) is 6.42 Å². The molecular weight excluding hydrogens is 204 g/mol. The molecule has 0 aliphatic carbocycles. The number of hydrogen-bond acceptors (Lipinski definition) is 4. The average molecular weight is 214 g/mol. The predicted octanol–water partition coefficient (Wildman–Crippen LogP) is -0.0561. The van der Waals surface area contributed by atoms with Gasteiger partial charge < -0.3 is 0 Å². The van der Waals surface area contributed by atoms with Gasteiger partial charge in [0.15, 0.2) is 5.03 Å². The molecule has 6 nitrogen and oxygen atoms in total. The van der Waals surface area contributed by atoms with Crippen molar-refractivity contribution < 1.29 is 8.42 Å². The molecule has 1 aromatic heterocycles. The molecule has 0 spiro atoms. The topological polar surface area (TPSA) is 89.8 Å². The monoisotopic (exact) mass is 214 g/mol. The minimum atomic E-state index is -3.50. The van der Waals surface area contributed by atoms with E-state index in [1.165, 1.54) is 19.3 Å². The molecule has 0 aliphatic heterocycles. The van der Waals surface area contributed by atoms with Gasteiger partial charge in [-0.25, -0.2) is 8.42 Å². The van der Waals surface area contributed by atoms with Crippen LogP contribution < -0.4 is 0 Å². The van der Waals surface area contributed by atoms with E-state index in [2.05, 4.69) is 10.2 Å². The Balaban J connectivity index is 2.82. The van der Waals surface area contributed by atoms with Crippen molar-refractivity contribution in [2.75, 3.05) is 13.6 Å². The molecule has 0 aromatic carbocycles. The van der Waals surface area contributed by atoms with E-state index in [0.717, 1.165) is 4.31 Å². The Hall–Kier alpha value is -1.39. The van der Waals surface area contributed by atoms with Crippen LogP contribution in [0.3, 0.4) is 0 Å². The van der Waals surface area contributed by atoms with E-state index in [1.807, 2.05) is 6.07 Å². The molecule has 1 heterocycles. The average Bonchev–Trinajstić information content (AvgIpc) is 2.67. The molecule has 0 saturated heterocycles. The Labute approximate surface area is 82.2 Å². The van der Waals surface area contributed by atoms with Crippen molar-refractivity contribution in [2.45, 2.75) is 11.4 Å². The maximum absolute atomic E-state index is 11.6. The third-order valence-corrected chi connectivity index (χ3v) is 3.49. The van der Waals surface area contributed by atoms with E-state index in [9.17, 15) is 8.42 Å². The molecule has 1 N–H and O–H groups in total. The summed E-state index contributed by atoms with van der Waals surface area (Å²) in [6, 6.07) is 3.26. The summed E-state index contributed by atoms with van der Waals surface area (Å²) in [6.45, 7) is 0.178. The molecule has 1 aromatic rings. The first-order valence-corrected chi connectivity index (χ1v) is 5.35. The first-order valence-electron chi connectivity index (χ1n) is 3.91. The molecule has 14 heavy (non-hydrogen) atoms. The maximum Gasteiger partial charge on any atom is 0.259 e. The fraction of sp³-hybridized carbons (Fsp3) is 0.429. The van der Waals surface area contributed by atoms with Crippen LogP contribution in [-0.2, 0) is 10.0 Å². The normalized spacial score (nSPS) is 11.5. The Morgan fingerprint density at radius 1 is 1.71 bits per heavy atom. The molecule has 0 unspecified atom stereocenters. The number of nitrogens with zero attached hydrogens (tertiary/aromatic N) is 3.